The molecule has 0 radical (unpaired) electrons. The fraction of sp³-hybridized carbons (Fsp3) is 0.143. The van der Waals surface area contributed by atoms with E-state index in [2.05, 4.69) is 41.9 Å². The molecule has 2 heterocycles. The summed E-state index contributed by atoms with van der Waals surface area (Å²) in [6.45, 7) is 0. The third-order valence-corrected chi connectivity index (χ3v) is 2.79. The van der Waals surface area contributed by atoms with E-state index in [0.29, 0.717) is 5.88 Å². The van der Waals surface area contributed by atoms with Gasteiger partial charge < -0.3 is 4.74 Å². The zero-order valence-corrected chi connectivity index (χ0v) is 9.83. The van der Waals surface area contributed by atoms with Crippen molar-refractivity contribution in [2.75, 3.05) is 7.11 Å². The van der Waals surface area contributed by atoms with Crippen molar-refractivity contribution in [3.63, 3.8) is 0 Å². The molecule has 0 aliphatic heterocycles. The molecule has 0 spiro atoms. The Bertz CT molecular complexity index is 454. The van der Waals surface area contributed by atoms with Gasteiger partial charge in [0.25, 0.3) is 0 Å². The molecule has 0 unspecified atom stereocenters. The number of halogens is 2. The Morgan fingerprint density at radius 2 is 2.23 bits per heavy atom. The van der Waals surface area contributed by atoms with Crippen LogP contribution >= 0.6 is 31.9 Å². The normalized spacial score (nSPS) is 10.7. The van der Waals surface area contributed by atoms with Crippen LogP contribution in [0, 0.1) is 0 Å². The van der Waals surface area contributed by atoms with Crippen molar-refractivity contribution in [2.24, 2.45) is 0 Å². The number of rotatable bonds is 1. The number of hydrogen-bond acceptors (Lipinski definition) is 3. The number of fused-ring (bicyclic) bond motifs is 1. The maximum absolute atomic E-state index is 5.10. The van der Waals surface area contributed by atoms with E-state index < -0.39 is 0 Å². The van der Waals surface area contributed by atoms with Gasteiger partial charge >= 0.3 is 0 Å². The Hall–Kier alpha value is -0.620. The van der Waals surface area contributed by atoms with Gasteiger partial charge in [-0.15, -0.1) is 0 Å². The molecule has 0 saturated heterocycles. The van der Waals surface area contributed by atoms with Crippen molar-refractivity contribution in [3.05, 3.63) is 21.5 Å². The first-order valence-corrected chi connectivity index (χ1v) is 5.04. The molecule has 0 aliphatic rings. The maximum atomic E-state index is 5.10. The van der Waals surface area contributed by atoms with E-state index >= 15 is 0 Å². The Labute approximate surface area is 91.2 Å². The van der Waals surface area contributed by atoms with Gasteiger partial charge in [0, 0.05) is 0 Å². The monoisotopic (exact) mass is 305 g/mol. The van der Waals surface area contributed by atoms with Gasteiger partial charge in [0.15, 0.2) is 0 Å². The third-order valence-electron chi connectivity index (χ3n) is 1.62. The van der Waals surface area contributed by atoms with Crippen molar-refractivity contribution in [1.29, 1.82) is 0 Å². The van der Waals surface area contributed by atoms with Gasteiger partial charge in [-0.3, -0.25) is 0 Å². The fourth-order valence-corrected chi connectivity index (χ4v) is 2.45. The average Bonchev–Trinajstić information content (AvgIpc) is 2.43. The van der Waals surface area contributed by atoms with Crippen molar-refractivity contribution < 1.29 is 4.74 Å². The second-order valence-electron chi connectivity index (χ2n) is 2.34. The fourth-order valence-electron chi connectivity index (χ4n) is 1.09. The highest BCUT2D eigenvalue weighted by atomic mass is 79.9. The smallest absolute Gasteiger partial charge is 0.242 e. The van der Waals surface area contributed by atoms with Crippen LogP contribution in [-0.4, -0.2) is 21.7 Å². The molecule has 0 saturated carbocycles. The molecular weight excluding hydrogens is 302 g/mol. The number of hydrogen-bond donors (Lipinski definition) is 0. The molecule has 6 heteroatoms. The summed E-state index contributed by atoms with van der Waals surface area (Å²) < 4.78 is 8.56. The van der Waals surface area contributed by atoms with Gasteiger partial charge in [-0.25, -0.2) is 4.52 Å². The molecule has 2 rings (SSSR count). The standard InChI is InChI=1S/C7H5Br2N3O/c1-13-7-6-4(8)2-5(9)12(6)11-3-10-7/h2-3H,1H3. The van der Waals surface area contributed by atoms with Crippen LogP contribution in [0.4, 0.5) is 0 Å². The highest BCUT2D eigenvalue weighted by Crippen LogP contribution is 2.29. The number of nitrogens with zero attached hydrogens (tertiary/aromatic N) is 3. The molecule has 2 aromatic rings. The summed E-state index contributed by atoms with van der Waals surface area (Å²) in [5.41, 5.74) is 0.817. The van der Waals surface area contributed by atoms with Crippen LogP contribution in [0.1, 0.15) is 0 Å². The van der Waals surface area contributed by atoms with Crippen molar-refractivity contribution in [1.82, 2.24) is 14.6 Å². The first-order chi connectivity index (χ1) is 6.24. The molecule has 68 valence electrons. The Balaban J connectivity index is 2.88. The minimum Gasteiger partial charge on any atom is -0.479 e. The molecular formula is C7H5Br2N3O. The molecule has 0 N–H and O–H groups in total. The zero-order valence-electron chi connectivity index (χ0n) is 6.66. The predicted molar refractivity (Wildman–Crippen MR) is 54.9 cm³/mol. The molecule has 2 aromatic heterocycles. The Morgan fingerprint density at radius 1 is 1.46 bits per heavy atom. The van der Waals surface area contributed by atoms with Crippen LogP contribution in [0.3, 0.4) is 0 Å². The first kappa shape index (κ1) is 8.96. The number of ether oxygens (including phenoxy) is 1. The lowest BCUT2D eigenvalue weighted by Gasteiger charge is -2.00. The molecule has 0 aromatic carbocycles. The average molecular weight is 307 g/mol. The largest absolute Gasteiger partial charge is 0.479 e. The lowest BCUT2D eigenvalue weighted by molar-refractivity contribution is 0.398. The van der Waals surface area contributed by atoms with Gasteiger partial charge in [0.2, 0.25) is 5.88 Å². The summed E-state index contributed by atoms with van der Waals surface area (Å²) >= 11 is 6.77. The summed E-state index contributed by atoms with van der Waals surface area (Å²) in [6, 6.07) is 1.90. The van der Waals surface area contributed by atoms with Crippen LogP contribution < -0.4 is 4.74 Å². The predicted octanol–water partition coefficient (Wildman–Crippen LogP) is 2.26. The summed E-state index contributed by atoms with van der Waals surface area (Å²) in [5.74, 6) is 0.549. The van der Waals surface area contributed by atoms with Crippen molar-refractivity contribution in [3.8, 4) is 5.88 Å². The Kier molecular flexibility index (Phi) is 2.25. The maximum Gasteiger partial charge on any atom is 0.242 e. The van der Waals surface area contributed by atoms with Crippen molar-refractivity contribution in [2.45, 2.75) is 0 Å². The van der Waals surface area contributed by atoms with Gasteiger partial charge in [0.05, 0.1) is 11.6 Å². The van der Waals surface area contributed by atoms with E-state index in [4.69, 9.17) is 4.74 Å². The van der Waals surface area contributed by atoms with Crippen LogP contribution in [0.2, 0.25) is 0 Å². The lowest BCUT2D eigenvalue weighted by Crippen LogP contribution is -1.96. The van der Waals surface area contributed by atoms with Gasteiger partial charge in [-0.1, -0.05) is 0 Å². The van der Waals surface area contributed by atoms with E-state index in [1.54, 1.807) is 11.6 Å². The first-order valence-electron chi connectivity index (χ1n) is 3.45. The molecule has 0 bridgehead atoms. The van der Waals surface area contributed by atoms with Crippen LogP contribution in [0.5, 0.6) is 5.88 Å². The zero-order chi connectivity index (χ0) is 9.42. The minimum atomic E-state index is 0.549. The molecule has 13 heavy (non-hydrogen) atoms. The lowest BCUT2D eigenvalue weighted by atomic mass is 10.5. The van der Waals surface area contributed by atoms with Crippen LogP contribution in [0.25, 0.3) is 5.52 Å². The molecule has 0 aliphatic carbocycles. The van der Waals surface area contributed by atoms with Gasteiger partial charge in [-0.05, 0) is 37.9 Å². The van der Waals surface area contributed by atoms with Crippen LogP contribution in [0.15, 0.2) is 21.5 Å². The quantitative estimate of drug-likeness (QED) is 0.811. The number of methoxy groups -OCH3 is 1. The number of aromatic nitrogens is 3. The molecule has 0 fully saturated rings. The minimum absolute atomic E-state index is 0.549. The van der Waals surface area contributed by atoms with Gasteiger partial charge in [0.1, 0.15) is 16.4 Å². The third kappa shape index (κ3) is 1.34. The van der Waals surface area contributed by atoms with Gasteiger partial charge in [-0.2, -0.15) is 10.1 Å². The second-order valence-corrected chi connectivity index (χ2v) is 4.01. The topological polar surface area (TPSA) is 39.4 Å². The molecule has 4 nitrogen and oxygen atoms in total. The summed E-state index contributed by atoms with van der Waals surface area (Å²) in [4.78, 5) is 3.99. The summed E-state index contributed by atoms with van der Waals surface area (Å²) in [6.07, 6.45) is 1.45. The van der Waals surface area contributed by atoms with E-state index in [-0.39, 0.29) is 0 Å². The highest BCUT2D eigenvalue weighted by Gasteiger charge is 2.11. The van der Waals surface area contributed by atoms with E-state index in [9.17, 15) is 0 Å². The molecule has 0 atom stereocenters. The second kappa shape index (κ2) is 3.26. The van der Waals surface area contributed by atoms with Crippen molar-refractivity contribution >= 4 is 37.4 Å². The highest BCUT2D eigenvalue weighted by molar-refractivity contribution is 9.11. The SMILES string of the molecule is COc1ncnn2c(Br)cc(Br)c12. The molecule has 0 amide bonds. The summed E-state index contributed by atoms with van der Waals surface area (Å²) in [7, 11) is 1.58. The van der Waals surface area contributed by atoms with E-state index in [1.165, 1.54) is 6.33 Å². The van der Waals surface area contributed by atoms with Crippen LogP contribution in [-0.2, 0) is 0 Å². The van der Waals surface area contributed by atoms with E-state index in [0.717, 1.165) is 14.6 Å². The van der Waals surface area contributed by atoms with E-state index in [1.807, 2.05) is 6.07 Å². The summed E-state index contributed by atoms with van der Waals surface area (Å²) in [5, 5.41) is 4.06. The Morgan fingerprint density at radius 3 is 2.92 bits per heavy atom.